The number of aryl methyl sites for hydroxylation is 1. The Bertz CT molecular complexity index is 407. The van der Waals surface area contributed by atoms with Crippen molar-refractivity contribution in [2.24, 2.45) is 0 Å². The highest BCUT2D eigenvalue weighted by Crippen LogP contribution is 2.22. The summed E-state index contributed by atoms with van der Waals surface area (Å²) in [5.41, 5.74) is 1.98. The van der Waals surface area contributed by atoms with Crippen molar-refractivity contribution in [1.29, 1.82) is 0 Å². The van der Waals surface area contributed by atoms with Gasteiger partial charge in [0.05, 0.1) is 5.56 Å². The molecule has 72 valence electrons. The van der Waals surface area contributed by atoms with Gasteiger partial charge < -0.3 is 5.11 Å². The lowest BCUT2D eigenvalue weighted by molar-refractivity contribution is -0.118. The average molecular weight is 190 g/mol. The maximum absolute atomic E-state index is 11.2. The molecule has 0 bridgehead atoms. The minimum absolute atomic E-state index is 0.131. The Morgan fingerprint density at radius 2 is 2.07 bits per heavy atom. The van der Waals surface area contributed by atoms with Gasteiger partial charge in [-0.2, -0.15) is 0 Å². The van der Waals surface area contributed by atoms with Gasteiger partial charge in [0.15, 0.2) is 0 Å². The Hall–Kier alpha value is -1.64. The van der Waals surface area contributed by atoms with Crippen LogP contribution in [0.1, 0.15) is 27.9 Å². The third-order valence-corrected chi connectivity index (χ3v) is 2.55. The fraction of sp³-hybridized carbons (Fsp3) is 0.273. The molecule has 0 radical (unpaired) electrons. The first-order chi connectivity index (χ1) is 6.68. The number of carbonyl (C=O) groups excluding carboxylic acids is 1. The molecular formula is C11H10O3. The number of benzene rings is 1. The summed E-state index contributed by atoms with van der Waals surface area (Å²) in [6.45, 7) is 0. The third-order valence-electron chi connectivity index (χ3n) is 2.55. The number of aromatic carboxylic acids is 1. The number of hydrogen-bond acceptors (Lipinski definition) is 2. The van der Waals surface area contributed by atoms with E-state index in [9.17, 15) is 9.59 Å². The molecule has 14 heavy (non-hydrogen) atoms. The van der Waals surface area contributed by atoms with Crippen LogP contribution in [0, 0.1) is 0 Å². The zero-order chi connectivity index (χ0) is 10.1. The lowest BCUT2D eigenvalue weighted by Crippen LogP contribution is -2.17. The molecule has 2 rings (SSSR count). The molecule has 3 nitrogen and oxygen atoms in total. The van der Waals surface area contributed by atoms with E-state index in [4.69, 9.17) is 5.11 Å². The number of rotatable bonds is 1. The van der Waals surface area contributed by atoms with E-state index in [0.717, 1.165) is 5.56 Å². The van der Waals surface area contributed by atoms with Gasteiger partial charge in [-0.25, -0.2) is 4.79 Å². The van der Waals surface area contributed by atoms with Crippen LogP contribution in [0.3, 0.4) is 0 Å². The number of carboxylic acids is 1. The van der Waals surface area contributed by atoms with E-state index in [1.807, 2.05) is 6.07 Å². The van der Waals surface area contributed by atoms with Gasteiger partial charge in [-0.3, -0.25) is 4.79 Å². The number of fused-ring (bicyclic) bond motifs is 1. The van der Waals surface area contributed by atoms with E-state index >= 15 is 0 Å². The van der Waals surface area contributed by atoms with Gasteiger partial charge >= 0.3 is 5.97 Å². The van der Waals surface area contributed by atoms with Crippen LogP contribution in [0.4, 0.5) is 0 Å². The van der Waals surface area contributed by atoms with Gasteiger partial charge in [0.1, 0.15) is 5.78 Å². The highest BCUT2D eigenvalue weighted by Gasteiger charge is 2.20. The maximum Gasteiger partial charge on any atom is 0.335 e. The highest BCUT2D eigenvalue weighted by molar-refractivity contribution is 5.93. The molecule has 1 aliphatic carbocycles. The van der Waals surface area contributed by atoms with Gasteiger partial charge in [-0.15, -0.1) is 0 Å². The first-order valence-electron chi connectivity index (χ1n) is 4.54. The minimum atomic E-state index is -0.948. The number of ketones is 1. The molecule has 0 aromatic heterocycles. The van der Waals surface area contributed by atoms with E-state index < -0.39 is 5.97 Å². The quantitative estimate of drug-likeness (QED) is 0.729. The molecule has 0 spiro atoms. The van der Waals surface area contributed by atoms with E-state index in [1.165, 1.54) is 0 Å². The number of Topliss-reactive ketones (excluding diaryl/α,β-unsaturated/α-hetero) is 1. The maximum atomic E-state index is 11.2. The molecule has 0 saturated heterocycles. The van der Waals surface area contributed by atoms with Crippen LogP contribution in [0.15, 0.2) is 18.2 Å². The molecule has 3 heteroatoms. The van der Waals surface area contributed by atoms with Gasteiger partial charge in [0, 0.05) is 12.8 Å². The predicted octanol–water partition coefficient (Wildman–Crippen LogP) is 1.44. The lowest BCUT2D eigenvalue weighted by atomic mass is 9.87. The zero-order valence-corrected chi connectivity index (χ0v) is 7.62. The predicted molar refractivity (Wildman–Crippen MR) is 50.4 cm³/mol. The summed E-state index contributed by atoms with van der Waals surface area (Å²) in [6, 6.07) is 5.19. The van der Waals surface area contributed by atoms with Crippen LogP contribution < -0.4 is 0 Å². The number of hydrogen-bond donors (Lipinski definition) is 1. The molecule has 0 amide bonds. The van der Waals surface area contributed by atoms with Crippen LogP contribution in [-0.2, 0) is 17.6 Å². The smallest absolute Gasteiger partial charge is 0.335 e. The second-order valence-electron chi connectivity index (χ2n) is 3.46. The van der Waals surface area contributed by atoms with E-state index in [1.54, 1.807) is 12.1 Å². The van der Waals surface area contributed by atoms with E-state index in [2.05, 4.69) is 0 Å². The van der Waals surface area contributed by atoms with Crippen molar-refractivity contribution < 1.29 is 14.7 Å². The summed E-state index contributed by atoms with van der Waals surface area (Å²) < 4.78 is 0. The van der Waals surface area contributed by atoms with Crippen molar-refractivity contribution >= 4 is 11.8 Å². The van der Waals surface area contributed by atoms with Gasteiger partial charge in [-0.05, 0) is 23.6 Å². The molecule has 1 aliphatic rings. The van der Waals surface area contributed by atoms with Gasteiger partial charge in [0.25, 0.3) is 0 Å². The van der Waals surface area contributed by atoms with Crippen molar-refractivity contribution in [3.8, 4) is 0 Å². The van der Waals surface area contributed by atoms with Crippen LogP contribution >= 0.6 is 0 Å². The number of carboxylic acid groups (broad SMARTS) is 1. The molecule has 0 saturated carbocycles. The SMILES string of the molecule is O=C1CCc2cccc(C(=O)O)c2C1. The second kappa shape index (κ2) is 3.25. The highest BCUT2D eigenvalue weighted by atomic mass is 16.4. The number of carbonyl (C=O) groups is 2. The Kier molecular flexibility index (Phi) is 2.08. The normalized spacial score (nSPS) is 15.0. The zero-order valence-electron chi connectivity index (χ0n) is 7.62. The lowest BCUT2D eigenvalue weighted by Gasteiger charge is -2.16. The molecule has 1 N–H and O–H groups in total. The summed E-state index contributed by atoms with van der Waals surface area (Å²) >= 11 is 0. The minimum Gasteiger partial charge on any atom is -0.478 e. The first kappa shape index (κ1) is 8.94. The van der Waals surface area contributed by atoms with Crippen LogP contribution in [0.25, 0.3) is 0 Å². The summed E-state index contributed by atoms with van der Waals surface area (Å²) in [6.07, 6.45) is 1.49. The molecular weight excluding hydrogens is 180 g/mol. The molecule has 1 aromatic carbocycles. The fourth-order valence-electron chi connectivity index (χ4n) is 1.84. The molecule has 0 atom stereocenters. The molecule has 0 aliphatic heterocycles. The second-order valence-corrected chi connectivity index (χ2v) is 3.46. The topological polar surface area (TPSA) is 54.4 Å². The monoisotopic (exact) mass is 190 g/mol. The van der Waals surface area contributed by atoms with E-state index in [-0.39, 0.29) is 17.8 Å². The van der Waals surface area contributed by atoms with Crippen LogP contribution in [0.2, 0.25) is 0 Å². The molecule has 1 aromatic rings. The van der Waals surface area contributed by atoms with Crippen LogP contribution in [0.5, 0.6) is 0 Å². The Balaban J connectivity index is 2.54. The molecule has 0 fully saturated rings. The van der Waals surface area contributed by atoms with E-state index in [0.29, 0.717) is 18.4 Å². The summed E-state index contributed by atoms with van der Waals surface area (Å²) in [7, 11) is 0. The van der Waals surface area contributed by atoms with Crippen molar-refractivity contribution in [2.75, 3.05) is 0 Å². The Morgan fingerprint density at radius 3 is 2.79 bits per heavy atom. The molecule has 0 heterocycles. The van der Waals surface area contributed by atoms with Crippen molar-refractivity contribution in [3.63, 3.8) is 0 Å². The van der Waals surface area contributed by atoms with Gasteiger partial charge in [-0.1, -0.05) is 12.1 Å². The Labute approximate surface area is 81.4 Å². The van der Waals surface area contributed by atoms with Crippen LogP contribution in [-0.4, -0.2) is 16.9 Å². The average Bonchev–Trinajstić information content (AvgIpc) is 2.16. The van der Waals surface area contributed by atoms with Crippen molar-refractivity contribution in [3.05, 3.63) is 34.9 Å². The third kappa shape index (κ3) is 1.41. The van der Waals surface area contributed by atoms with Crippen molar-refractivity contribution in [1.82, 2.24) is 0 Å². The standard InChI is InChI=1S/C11H10O3/c12-8-5-4-7-2-1-3-9(11(13)14)10(7)6-8/h1-3H,4-6H2,(H,13,14). The molecule has 0 unspecified atom stereocenters. The van der Waals surface area contributed by atoms with Gasteiger partial charge in [0.2, 0.25) is 0 Å². The summed E-state index contributed by atoms with van der Waals surface area (Å²) in [4.78, 5) is 22.1. The first-order valence-corrected chi connectivity index (χ1v) is 4.54. The van der Waals surface area contributed by atoms with Crippen molar-refractivity contribution in [2.45, 2.75) is 19.3 Å². The summed E-state index contributed by atoms with van der Waals surface area (Å²) in [5, 5.41) is 8.92. The fourth-order valence-corrected chi connectivity index (χ4v) is 1.84. The summed E-state index contributed by atoms with van der Waals surface area (Å²) in [5.74, 6) is -0.817. The largest absolute Gasteiger partial charge is 0.478 e. The Morgan fingerprint density at radius 1 is 1.29 bits per heavy atom.